The lowest BCUT2D eigenvalue weighted by molar-refractivity contribution is 0.210. The summed E-state index contributed by atoms with van der Waals surface area (Å²) in [5.41, 5.74) is 11.3. The summed E-state index contributed by atoms with van der Waals surface area (Å²) in [5.74, 6) is 0.102. The number of primary amides is 1. The third kappa shape index (κ3) is 6.08. The lowest BCUT2D eigenvalue weighted by Gasteiger charge is -2.25. The molecular weight excluding hydrogens is 462 g/mol. The Morgan fingerprint density at radius 1 is 1.18 bits per heavy atom. The molecule has 1 amide bonds. The van der Waals surface area contributed by atoms with Gasteiger partial charge < -0.3 is 16.2 Å². The molecule has 3 rings (SSSR count). The molecule has 9 nitrogen and oxygen atoms in total. The molecule has 1 heterocycles. The van der Waals surface area contributed by atoms with E-state index in [-0.39, 0.29) is 28.5 Å². The van der Waals surface area contributed by atoms with Crippen LogP contribution in [0.4, 0.5) is 4.79 Å². The highest BCUT2D eigenvalue weighted by molar-refractivity contribution is 7.89. The summed E-state index contributed by atoms with van der Waals surface area (Å²) in [4.78, 5) is 11.5. The molecule has 0 spiro atoms. The van der Waals surface area contributed by atoms with Gasteiger partial charge in [0.2, 0.25) is 10.0 Å². The normalized spacial score (nSPS) is 19.6. The molecule has 1 fully saturated rings. The third-order valence-corrected chi connectivity index (χ3v) is 8.42. The van der Waals surface area contributed by atoms with E-state index in [4.69, 9.17) is 16.2 Å². The largest absolute Gasteiger partial charge is 0.410 e. The highest BCUT2D eigenvalue weighted by Crippen LogP contribution is 2.42. The van der Waals surface area contributed by atoms with Gasteiger partial charge in [0.05, 0.1) is 4.90 Å². The van der Waals surface area contributed by atoms with Gasteiger partial charge in [-0.05, 0) is 64.5 Å². The number of hydrogen-bond donors (Lipinski definition) is 3. The zero-order valence-corrected chi connectivity index (χ0v) is 21.3. The van der Waals surface area contributed by atoms with Crippen LogP contribution in [-0.4, -0.2) is 36.3 Å². The van der Waals surface area contributed by atoms with Crippen molar-refractivity contribution in [2.45, 2.75) is 88.6 Å². The van der Waals surface area contributed by atoms with Gasteiger partial charge in [0.25, 0.3) is 0 Å². The van der Waals surface area contributed by atoms with Gasteiger partial charge in [-0.15, -0.1) is 10.2 Å². The van der Waals surface area contributed by atoms with Gasteiger partial charge in [-0.25, -0.2) is 17.9 Å². The number of ether oxygens (including phenoxy) is 1. The number of sulfonamides is 1. The summed E-state index contributed by atoms with van der Waals surface area (Å²) >= 11 is 1.39. The van der Waals surface area contributed by atoms with Crippen molar-refractivity contribution in [3.8, 4) is 16.3 Å². The van der Waals surface area contributed by atoms with Crippen molar-refractivity contribution >= 4 is 27.5 Å². The molecule has 1 aliphatic rings. The van der Waals surface area contributed by atoms with Crippen LogP contribution in [0.15, 0.2) is 17.0 Å². The maximum atomic E-state index is 13.6. The van der Waals surface area contributed by atoms with Crippen LogP contribution in [0.2, 0.25) is 0 Å². The average molecular weight is 496 g/mol. The minimum atomic E-state index is -4.01. The number of carbonyl (C=O) groups excluding carboxylic acids is 1. The Morgan fingerprint density at radius 2 is 1.82 bits per heavy atom. The molecule has 0 atom stereocenters. The number of benzene rings is 1. The zero-order chi connectivity index (χ0) is 24.6. The zero-order valence-electron chi connectivity index (χ0n) is 19.7. The van der Waals surface area contributed by atoms with E-state index in [0.717, 1.165) is 30.7 Å². The molecule has 0 saturated heterocycles. The van der Waals surface area contributed by atoms with E-state index in [1.165, 1.54) is 11.3 Å². The second-order valence-electron chi connectivity index (χ2n) is 9.84. The van der Waals surface area contributed by atoms with Gasteiger partial charge in [0.1, 0.15) is 15.8 Å². The number of carbonyl (C=O) groups is 1. The monoisotopic (exact) mass is 495 g/mol. The van der Waals surface area contributed by atoms with Crippen molar-refractivity contribution < 1.29 is 17.9 Å². The second-order valence-corrected chi connectivity index (χ2v) is 12.5. The van der Waals surface area contributed by atoms with Crippen LogP contribution >= 0.6 is 11.3 Å². The van der Waals surface area contributed by atoms with Crippen molar-refractivity contribution in [2.75, 3.05) is 0 Å². The fourth-order valence-corrected chi connectivity index (χ4v) is 7.21. The van der Waals surface area contributed by atoms with Crippen molar-refractivity contribution in [3.05, 3.63) is 22.7 Å². The SMILES string of the molecule is CC(C)c1c(OC(N)=O)ccc(-c2nnc(C3CCC(N)CC3)s2)c1S(=O)(=O)NC(C)(C)C. The van der Waals surface area contributed by atoms with Gasteiger partial charge in [0, 0.05) is 28.6 Å². The fraction of sp³-hybridized carbons (Fsp3) is 0.591. The Kier molecular flexibility index (Phi) is 7.47. The number of hydrogen-bond acceptors (Lipinski definition) is 8. The Bertz CT molecular complexity index is 1110. The Morgan fingerprint density at radius 3 is 2.36 bits per heavy atom. The van der Waals surface area contributed by atoms with E-state index in [1.807, 2.05) is 13.8 Å². The summed E-state index contributed by atoms with van der Waals surface area (Å²) in [6.07, 6.45) is 2.74. The Labute approximate surface area is 199 Å². The van der Waals surface area contributed by atoms with Crippen molar-refractivity contribution in [1.82, 2.24) is 14.9 Å². The molecule has 2 aromatic rings. The summed E-state index contributed by atoms with van der Waals surface area (Å²) in [7, 11) is -4.01. The minimum absolute atomic E-state index is 0.0274. The number of rotatable bonds is 6. The highest BCUT2D eigenvalue weighted by atomic mass is 32.2. The summed E-state index contributed by atoms with van der Waals surface area (Å²) in [6.45, 7) is 8.96. The topological polar surface area (TPSA) is 150 Å². The molecule has 0 unspecified atom stereocenters. The molecule has 33 heavy (non-hydrogen) atoms. The van der Waals surface area contributed by atoms with E-state index in [2.05, 4.69) is 14.9 Å². The van der Waals surface area contributed by atoms with Crippen LogP contribution in [-0.2, 0) is 10.0 Å². The van der Waals surface area contributed by atoms with Crippen molar-refractivity contribution in [3.63, 3.8) is 0 Å². The molecular formula is C22H33N5O4S2. The van der Waals surface area contributed by atoms with Gasteiger partial charge in [-0.3, -0.25) is 0 Å². The van der Waals surface area contributed by atoms with Gasteiger partial charge in [-0.1, -0.05) is 25.2 Å². The summed E-state index contributed by atoms with van der Waals surface area (Å²) < 4.78 is 35.1. The summed E-state index contributed by atoms with van der Waals surface area (Å²) in [6, 6.07) is 3.38. The van der Waals surface area contributed by atoms with Gasteiger partial charge in [0.15, 0.2) is 0 Å². The van der Waals surface area contributed by atoms with Crippen LogP contribution in [0.3, 0.4) is 0 Å². The average Bonchev–Trinajstić information content (AvgIpc) is 3.15. The lowest BCUT2D eigenvalue weighted by atomic mass is 9.87. The second kappa shape index (κ2) is 9.65. The number of aromatic nitrogens is 2. The minimum Gasteiger partial charge on any atom is -0.410 e. The van der Waals surface area contributed by atoms with E-state index < -0.39 is 21.7 Å². The highest BCUT2D eigenvalue weighted by Gasteiger charge is 2.33. The lowest BCUT2D eigenvalue weighted by Crippen LogP contribution is -2.41. The molecule has 1 aliphatic carbocycles. The number of nitrogens with two attached hydrogens (primary N) is 2. The molecule has 0 aliphatic heterocycles. The molecule has 1 saturated carbocycles. The molecule has 0 bridgehead atoms. The fourth-order valence-electron chi connectivity index (χ4n) is 4.11. The smallest absolute Gasteiger partial charge is 0.409 e. The van der Waals surface area contributed by atoms with E-state index in [0.29, 0.717) is 16.1 Å². The maximum absolute atomic E-state index is 13.6. The standard InChI is InChI=1S/C22H33N5O4S2/c1-12(2)17-16(31-21(24)28)11-10-15(18(17)33(29,30)27-22(3,4)5)20-26-25-19(32-20)13-6-8-14(23)9-7-13/h10-14,27H,6-9,23H2,1-5H3,(H2,24,28). The van der Waals surface area contributed by atoms with Crippen LogP contribution in [0.25, 0.3) is 10.6 Å². The Hall–Kier alpha value is -2.08. The van der Waals surface area contributed by atoms with E-state index in [1.54, 1.807) is 32.9 Å². The van der Waals surface area contributed by atoms with Crippen molar-refractivity contribution in [2.24, 2.45) is 11.5 Å². The number of nitrogens with one attached hydrogen (secondary N) is 1. The first-order valence-corrected chi connectivity index (χ1v) is 13.4. The number of amides is 1. The summed E-state index contributed by atoms with van der Waals surface area (Å²) in [5, 5.41) is 10.1. The molecule has 5 N–H and O–H groups in total. The van der Waals surface area contributed by atoms with Crippen molar-refractivity contribution in [1.29, 1.82) is 0 Å². The van der Waals surface area contributed by atoms with Crippen LogP contribution in [0.1, 0.15) is 82.7 Å². The molecule has 182 valence electrons. The number of nitrogens with zero attached hydrogens (tertiary/aromatic N) is 2. The molecule has 11 heteroatoms. The van der Waals surface area contributed by atoms with Crippen LogP contribution < -0.4 is 20.9 Å². The van der Waals surface area contributed by atoms with E-state index >= 15 is 0 Å². The quantitative estimate of drug-likeness (QED) is 0.551. The van der Waals surface area contributed by atoms with E-state index in [9.17, 15) is 13.2 Å². The van der Waals surface area contributed by atoms with Gasteiger partial charge >= 0.3 is 6.09 Å². The first-order valence-electron chi connectivity index (χ1n) is 11.1. The first kappa shape index (κ1) is 25.5. The third-order valence-electron chi connectivity index (χ3n) is 5.45. The molecule has 1 aromatic carbocycles. The maximum Gasteiger partial charge on any atom is 0.409 e. The molecule has 0 radical (unpaired) electrons. The predicted octanol–water partition coefficient (Wildman–Crippen LogP) is 3.85. The Balaban J connectivity index is 2.17. The molecule has 1 aromatic heterocycles. The van der Waals surface area contributed by atoms with Crippen LogP contribution in [0.5, 0.6) is 5.75 Å². The van der Waals surface area contributed by atoms with Gasteiger partial charge in [-0.2, -0.15) is 0 Å². The first-order chi connectivity index (χ1) is 15.3. The predicted molar refractivity (Wildman–Crippen MR) is 129 cm³/mol. The van der Waals surface area contributed by atoms with Crippen LogP contribution in [0, 0.1) is 0 Å².